The lowest BCUT2D eigenvalue weighted by Crippen LogP contribution is -3.00. The molecule has 0 unspecified atom stereocenters. The van der Waals surface area contributed by atoms with Gasteiger partial charge in [-0.2, -0.15) is 0 Å². The Hall–Kier alpha value is 0.380. The van der Waals surface area contributed by atoms with Crippen LogP contribution in [0.3, 0.4) is 0 Å². The number of unbranched alkanes of at least 4 members (excludes halogenated alkanes) is 4. The molecule has 1 N–H and O–H groups in total. The summed E-state index contributed by atoms with van der Waals surface area (Å²) >= 11 is 0. The maximum absolute atomic E-state index is 10.7. The van der Waals surface area contributed by atoms with Crippen LogP contribution in [0.1, 0.15) is 135 Å². The highest BCUT2D eigenvalue weighted by atomic mass is 79.9. The standard InChI is InChI=1S/C26H47O2P.BrH/c27-26(28)21-13-2-1-3-14-22-29(23-15-7-4-8-16-23,24-17-9-5-10-18-24)25-19-11-6-12-20-25;/h23-25H,1-22H2;1H. The molecule has 0 atom stereocenters. The number of rotatable bonds is 11. The van der Waals surface area contributed by atoms with Gasteiger partial charge in [-0.1, -0.05) is 32.1 Å². The van der Waals surface area contributed by atoms with Crippen LogP contribution in [0.4, 0.5) is 0 Å². The van der Waals surface area contributed by atoms with E-state index in [1.807, 2.05) is 0 Å². The summed E-state index contributed by atoms with van der Waals surface area (Å²) in [4.78, 5) is 10.7. The Balaban J connectivity index is 0.00000320. The van der Waals surface area contributed by atoms with E-state index in [4.69, 9.17) is 5.11 Å². The molecule has 3 aliphatic rings. The van der Waals surface area contributed by atoms with E-state index in [-0.39, 0.29) is 17.0 Å². The molecule has 0 aromatic heterocycles. The highest BCUT2D eigenvalue weighted by molar-refractivity contribution is 7.77. The SMILES string of the molecule is O=C(O)CCCCCCC[P+](C1CCCCC1)(C1CCCCC1)C1CCCCC1.[Br-]. The molecule has 0 aromatic rings. The molecule has 0 spiro atoms. The summed E-state index contributed by atoms with van der Waals surface area (Å²) in [7, 11) is -0.888. The first-order chi connectivity index (χ1) is 14.2. The molecular formula is C26H48BrO2P. The number of carboxylic acids is 1. The van der Waals surface area contributed by atoms with E-state index in [1.165, 1.54) is 77.0 Å². The van der Waals surface area contributed by atoms with Crippen molar-refractivity contribution in [2.24, 2.45) is 0 Å². The highest BCUT2D eigenvalue weighted by Gasteiger charge is 2.56. The quantitative estimate of drug-likeness (QED) is 0.302. The largest absolute Gasteiger partial charge is 1.00 e. The summed E-state index contributed by atoms with van der Waals surface area (Å²) in [6, 6.07) is 0. The van der Waals surface area contributed by atoms with Crippen LogP contribution in [0.25, 0.3) is 0 Å². The summed E-state index contributed by atoms with van der Waals surface area (Å²) in [5.74, 6) is -0.623. The van der Waals surface area contributed by atoms with Crippen LogP contribution >= 0.6 is 7.26 Å². The zero-order valence-corrected chi connectivity index (χ0v) is 21.9. The molecule has 3 saturated carbocycles. The summed E-state index contributed by atoms with van der Waals surface area (Å²) in [5, 5.41) is 8.86. The monoisotopic (exact) mass is 502 g/mol. The van der Waals surface area contributed by atoms with E-state index in [0.717, 1.165) is 29.8 Å². The van der Waals surface area contributed by atoms with E-state index < -0.39 is 13.2 Å². The van der Waals surface area contributed by atoms with Crippen molar-refractivity contribution in [2.45, 2.75) is 152 Å². The van der Waals surface area contributed by atoms with Crippen molar-refractivity contribution >= 4 is 13.2 Å². The van der Waals surface area contributed by atoms with E-state index >= 15 is 0 Å². The van der Waals surface area contributed by atoms with Crippen LogP contribution in [-0.4, -0.2) is 34.2 Å². The number of hydrogen-bond acceptors (Lipinski definition) is 1. The first-order valence-corrected chi connectivity index (χ1v) is 15.5. The zero-order chi connectivity index (χ0) is 20.4. The third kappa shape index (κ3) is 7.47. The minimum Gasteiger partial charge on any atom is -1.00 e. The van der Waals surface area contributed by atoms with Gasteiger partial charge in [0.1, 0.15) is 0 Å². The molecule has 0 radical (unpaired) electrons. The number of halogens is 1. The van der Waals surface area contributed by atoms with Crippen molar-refractivity contribution < 1.29 is 26.9 Å². The number of aliphatic carboxylic acids is 1. The van der Waals surface area contributed by atoms with Crippen molar-refractivity contribution in [3.8, 4) is 0 Å². The molecule has 4 heteroatoms. The van der Waals surface area contributed by atoms with Gasteiger partial charge in [-0.3, -0.25) is 4.79 Å². The second-order valence-electron chi connectivity index (χ2n) is 10.5. The molecule has 30 heavy (non-hydrogen) atoms. The summed E-state index contributed by atoms with van der Waals surface area (Å²) in [6.45, 7) is 0. The van der Waals surface area contributed by atoms with E-state index in [1.54, 1.807) is 44.7 Å². The minimum absolute atomic E-state index is 0. The molecular weight excluding hydrogens is 455 g/mol. The molecule has 0 aromatic carbocycles. The number of carboxylic acid groups (broad SMARTS) is 1. The Kier molecular flexibility index (Phi) is 12.9. The number of carbonyl (C=O) groups is 1. The highest BCUT2D eigenvalue weighted by Crippen LogP contribution is 2.77. The van der Waals surface area contributed by atoms with Gasteiger partial charge in [-0.25, -0.2) is 0 Å². The Morgan fingerprint density at radius 1 is 0.600 bits per heavy atom. The first-order valence-electron chi connectivity index (χ1n) is 13.3. The van der Waals surface area contributed by atoms with Crippen molar-refractivity contribution in [1.82, 2.24) is 0 Å². The van der Waals surface area contributed by atoms with Crippen molar-refractivity contribution in [3.63, 3.8) is 0 Å². The van der Waals surface area contributed by atoms with Crippen LogP contribution in [0.5, 0.6) is 0 Å². The van der Waals surface area contributed by atoms with Gasteiger partial charge in [0.15, 0.2) is 0 Å². The third-order valence-electron chi connectivity index (χ3n) is 8.70. The average Bonchev–Trinajstić information content (AvgIpc) is 2.77. The molecule has 0 aliphatic heterocycles. The van der Waals surface area contributed by atoms with Crippen molar-refractivity contribution in [1.29, 1.82) is 0 Å². The lowest BCUT2D eigenvalue weighted by atomic mass is 9.99. The fourth-order valence-corrected chi connectivity index (χ4v) is 15.0. The molecule has 0 amide bonds. The van der Waals surface area contributed by atoms with Gasteiger partial charge in [0, 0.05) is 13.7 Å². The lowest BCUT2D eigenvalue weighted by molar-refractivity contribution is -0.137. The molecule has 0 bridgehead atoms. The van der Waals surface area contributed by atoms with Crippen molar-refractivity contribution in [2.75, 3.05) is 6.16 Å². The first kappa shape index (κ1) is 26.6. The Morgan fingerprint density at radius 3 is 1.37 bits per heavy atom. The molecule has 0 saturated heterocycles. The second kappa shape index (κ2) is 14.5. The molecule has 3 rings (SSSR count). The van der Waals surface area contributed by atoms with Gasteiger partial charge in [0.25, 0.3) is 0 Å². The van der Waals surface area contributed by atoms with Crippen molar-refractivity contribution in [3.05, 3.63) is 0 Å². The molecule has 3 fully saturated rings. The summed E-state index contributed by atoms with van der Waals surface area (Å²) in [6.07, 6.45) is 31.0. The van der Waals surface area contributed by atoms with Crippen LogP contribution in [0, 0.1) is 0 Å². The average molecular weight is 504 g/mol. The third-order valence-corrected chi connectivity index (χ3v) is 15.4. The Labute approximate surface area is 197 Å². The van der Waals surface area contributed by atoms with Gasteiger partial charge in [-0.15, -0.1) is 0 Å². The smallest absolute Gasteiger partial charge is 0.303 e. The second-order valence-corrected chi connectivity index (χ2v) is 15.1. The molecule has 3 aliphatic carbocycles. The van der Waals surface area contributed by atoms with Crippen LogP contribution in [0.15, 0.2) is 0 Å². The van der Waals surface area contributed by atoms with E-state index in [9.17, 15) is 4.79 Å². The van der Waals surface area contributed by atoms with Gasteiger partial charge < -0.3 is 22.1 Å². The zero-order valence-electron chi connectivity index (χ0n) is 19.5. The fraction of sp³-hybridized carbons (Fsp3) is 0.962. The predicted molar refractivity (Wildman–Crippen MR) is 128 cm³/mol. The molecule has 2 nitrogen and oxygen atoms in total. The van der Waals surface area contributed by atoms with Gasteiger partial charge in [0.2, 0.25) is 0 Å². The maximum Gasteiger partial charge on any atom is 0.303 e. The Bertz CT molecular complexity index is 420. The van der Waals surface area contributed by atoms with Gasteiger partial charge in [-0.05, 0) is 96.3 Å². The molecule has 0 heterocycles. The summed E-state index contributed by atoms with van der Waals surface area (Å²) in [5.41, 5.74) is 3.36. The van der Waals surface area contributed by atoms with Crippen LogP contribution in [-0.2, 0) is 4.79 Å². The predicted octanol–water partition coefficient (Wildman–Crippen LogP) is 5.43. The number of hydrogen-bond donors (Lipinski definition) is 1. The normalized spacial score (nSPS) is 22.5. The van der Waals surface area contributed by atoms with Gasteiger partial charge >= 0.3 is 5.97 Å². The topological polar surface area (TPSA) is 37.3 Å². The molecule has 176 valence electrons. The van der Waals surface area contributed by atoms with Crippen LogP contribution < -0.4 is 17.0 Å². The van der Waals surface area contributed by atoms with Gasteiger partial charge in [0.05, 0.1) is 23.1 Å². The fourth-order valence-electron chi connectivity index (χ4n) is 7.32. The maximum atomic E-state index is 10.7. The minimum atomic E-state index is -0.888. The summed E-state index contributed by atoms with van der Waals surface area (Å²) < 4.78 is 0. The van der Waals surface area contributed by atoms with E-state index in [2.05, 4.69) is 0 Å². The van der Waals surface area contributed by atoms with Crippen LogP contribution in [0.2, 0.25) is 0 Å². The Morgan fingerprint density at radius 2 is 0.967 bits per heavy atom. The van der Waals surface area contributed by atoms with E-state index in [0.29, 0.717) is 6.42 Å². The lowest BCUT2D eigenvalue weighted by Gasteiger charge is -2.49.